The molecular formula is C11H12FNO. The van der Waals surface area contributed by atoms with E-state index in [4.69, 9.17) is 0 Å². The molecule has 0 radical (unpaired) electrons. The van der Waals surface area contributed by atoms with Crippen molar-refractivity contribution >= 4 is 5.78 Å². The molecule has 1 aliphatic heterocycles. The smallest absolute Gasteiger partial charge is 0.167 e. The van der Waals surface area contributed by atoms with Gasteiger partial charge < -0.3 is 5.32 Å². The van der Waals surface area contributed by atoms with Gasteiger partial charge >= 0.3 is 0 Å². The zero-order chi connectivity index (χ0) is 9.97. The minimum atomic E-state index is -0.300. The normalized spacial score (nSPS) is 21.1. The highest BCUT2D eigenvalue weighted by molar-refractivity contribution is 5.98. The van der Waals surface area contributed by atoms with Gasteiger partial charge in [-0.1, -0.05) is 0 Å². The van der Waals surface area contributed by atoms with Gasteiger partial charge in [0.2, 0.25) is 0 Å². The second kappa shape index (κ2) is 3.88. The highest BCUT2D eigenvalue weighted by atomic mass is 19.1. The summed E-state index contributed by atoms with van der Waals surface area (Å²) in [6, 6.07) is 5.76. The number of ketones is 1. The first-order valence-electron chi connectivity index (χ1n) is 4.78. The Labute approximate surface area is 82.1 Å². The number of Topliss-reactive ketones (excluding diaryl/α,β-unsaturated/α-hetero) is 1. The lowest BCUT2D eigenvalue weighted by Gasteiger charge is -2.06. The predicted octanol–water partition coefficient (Wildman–Crippen LogP) is 1.62. The highest BCUT2D eigenvalue weighted by Gasteiger charge is 2.23. The van der Waals surface area contributed by atoms with Crippen LogP contribution in [0.1, 0.15) is 16.8 Å². The van der Waals surface area contributed by atoms with Crippen molar-refractivity contribution in [2.75, 3.05) is 13.1 Å². The van der Waals surface area contributed by atoms with Crippen molar-refractivity contribution in [3.8, 4) is 0 Å². The average Bonchev–Trinajstić information content (AvgIpc) is 2.71. The monoisotopic (exact) mass is 193 g/mol. The van der Waals surface area contributed by atoms with Crippen molar-refractivity contribution in [1.29, 1.82) is 0 Å². The fraction of sp³-hybridized carbons (Fsp3) is 0.364. The molecule has 3 heteroatoms. The Kier molecular flexibility index (Phi) is 2.59. The van der Waals surface area contributed by atoms with E-state index in [0.29, 0.717) is 5.56 Å². The standard InChI is InChI=1S/C11H12FNO/c12-10-3-1-8(2-4-10)11(14)9-5-6-13-7-9/h1-4,9,13H,5-7H2/t9-/m0/s1. The molecule has 0 unspecified atom stereocenters. The summed E-state index contributed by atoms with van der Waals surface area (Å²) in [6.45, 7) is 1.65. The molecular weight excluding hydrogens is 181 g/mol. The molecule has 1 aromatic carbocycles. The number of carbonyl (C=O) groups excluding carboxylic acids is 1. The van der Waals surface area contributed by atoms with E-state index < -0.39 is 0 Å². The van der Waals surface area contributed by atoms with Crippen molar-refractivity contribution in [2.45, 2.75) is 6.42 Å². The minimum absolute atomic E-state index is 0.0699. The maximum Gasteiger partial charge on any atom is 0.167 e. The second-order valence-corrected chi connectivity index (χ2v) is 3.56. The van der Waals surface area contributed by atoms with Gasteiger partial charge in [0.15, 0.2) is 5.78 Å². The fourth-order valence-electron chi connectivity index (χ4n) is 1.73. The zero-order valence-corrected chi connectivity index (χ0v) is 7.79. The van der Waals surface area contributed by atoms with E-state index in [0.717, 1.165) is 19.5 Å². The molecule has 0 aliphatic carbocycles. The first kappa shape index (κ1) is 9.34. The molecule has 2 nitrogen and oxygen atoms in total. The van der Waals surface area contributed by atoms with Gasteiger partial charge in [-0.15, -0.1) is 0 Å². The lowest BCUT2D eigenvalue weighted by molar-refractivity contribution is 0.0930. The lowest BCUT2D eigenvalue weighted by Crippen LogP contribution is -2.17. The summed E-state index contributed by atoms with van der Waals surface area (Å²) in [5.41, 5.74) is 0.611. The van der Waals surface area contributed by atoms with E-state index in [9.17, 15) is 9.18 Å². The highest BCUT2D eigenvalue weighted by Crippen LogP contribution is 2.15. The van der Waals surface area contributed by atoms with Crippen LogP contribution in [0.15, 0.2) is 24.3 Å². The van der Waals surface area contributed by atoms with Crippen molar-refractivity contribution < 1.29 is 9.18 Å². The van der Waals surface area contributed by atoms with Gasteiger partial charge in [0.1, 0.15) is 5.82 Å². The molecule has 1 aliphatic rings. The van der Waals surface area contributed by atoms with E-state index in [1.54, 1.807) is 12.1 Å². The van der Waals surface area contributed by atoms with Crippen molar-refractivity contribution in [2.24, 2.45) is 5.92 Å². The van der Waals surface area contributed by atoms with E-state index in [1.165, 1.54) is 12.1 Å². The van der Waals surface area contributed by atoms with E-state index >= 15 is 0 Å². The maximum atomic E-state index is 12.6. The van der Waals surface area contributed by atoms with Crippen LogP contribution in [0.25, 0.3) is 0 Å². The van der Waals surface area contributed by atoms with Crippen molar-refractivity contribution in [3.63, 3.8) is 0 Å². The third kappa shape index (κ3) is 1.82. The van der Waals surface area contributed by atoms with Gasteiger partial charge in [-0.2, -0.15) is 0 Å². The van der Waals surface area contributed by atoms with Crippen LogP contribution in [-0.2, 0) is 0 Å². The Bertz CT molecular complexity index is 328. The van der Waals surface area contributed by atoms with Crippen LogP contribution < -0.4 is 5.32 Å². The SMILES string of the molecule is O=C(c1ccc(F)cc1)[C@H]1CCNC1. The molecule has 2 rings (SSSR count). The Morgan fingerprint density at radius 3 is 2.64 bits per heavy atom. The Morgan fingerprint density at radius 2 is 2.07 bits per heavy atom. The Balaban J connectivity index is 2.14. The summed E-state index contributed by atoms with van der Waals surface area (Å²) in [6.07, 6.45) is 0.885. The summed E-state index contributed by atoms with van der Waals surface area (Å²) >= 11 is 0. The first-order chi connectivity index (χ1) is 6.77. The molecule has 1 heterocycles. The molecule has 0 amide bonds. The van der Waals surface area contributed by atoms with Crippen molar-refractivity contribution in [3.05, 3.63) is 35.6 Å². The molecule has 1 saturated heterocycles. The van der Waals surface area contributed by atoms with Crippen LogP contribution in [0.4, 0.5) is 4.39 Å². The van der Waals surface area contributed by atoms with Gasteiger partial charge in [0.05, 0.1) is 0 Å². The minimum Gasteiger partial charge on any atom is -0.316 e. The van der Waals surface area contributed by atoms with Crippen LogP contribution >= 0.6 is 0 Å². The van der Waals surface area contributed by atoms with Crippen molar-refractivity contribution in [1.82, 2.24) is 5.32 Å². The van der Waals surface area contributed by atoms with Gasteiger partial charge in [0, 0.05) is 18.0 Å². The van der Waals surface area contributed by atoms with E-state index in [2.05, 4.69) is 5.32 Å². The summed E-state index contributed by atoms with van der Waals surface area (Å²) in [5, 5.41) is 3.14. The summed E-state index contributed by atoms with van der Waals surface area (Å²) in [4.78, 5) is 11.8. The molecule has 1 aromatic rings. The number of nitrogens with one attached hydrogen (secondary N) is 1. The fourth-order valence-corrected chi connectivity index (χ4v) is 1.73. The molecule has 1 N–H and O–H groups in total. The van der Waals surface area contributed by atoms with Gasteiger partial charge in [0.25, 0.3) is 0 Å². The van der Waals surface area contributed by atoms with E-state index in [-0.39, 0.29) is 17.5 Å². The first-order valence-corrected chi connectivity index (χ1v) is 4.78. The van der Waals surface area contributed by atoms with Crippen LogP contribution in [0.3, 0.4) is 0 Å². The van der Waals surface area contributed by atoms with Gasteiger partial charge in [-0.25, -0.2) is 4.39 Å². The third-order valence-corrected chi connectivity index (χ3v) is 2.56. The molecule has 1 fully saturated rings. The molecule has 0 bridgehead atoms. The quantitative estimate of drug-likeness (QED) is 0.723. The number of hydrogen-bond acceptors (Lipinski definition) is 2. The molecule has 74 valence electrons. The van der Waals surface area contributed by atoms with Crippen LogP contribution in [0.5, 0.6) is 0 Å². The lowest BCUT2D eigenvalue weighted by atomic mass is 9.97. The average molecular weight is 193 g/mol. The zero-order valence-electron chi connectivity index (χ0n) is 7.79. The molecule has 14 heavy (non-hydrogen) atoms. The molecule has 0 saturated carbocycles. The van der Waals surface area contributed by atoms with Crippen LogP contribution in [-0.4, -0.2) is 18.9 Å². The maximum absolute atomic E-state index is 12.6. The second-order valence-electron chi connectivity index (χ2n) is 3.56. The van der Waals surface area contributed by atoms with E-state index in [1.807, 2.05) is 0 Å². The largest absolute Gasteiger partial charge is 0.316 e. The number of halogens is 1. The van der Waals surface area contributed by atoms with Gasteiger partial charge in [-0.3, -0.25) is 4.79 Å². The number of hydrogen-bond donors (Lipinski definition) is 1. The summed E-state index contributed by atoms with van der Waals surface area (Å²) in [7, 11) is 0. The summed E-state index contributed by atoms with van der Waals surface area (Å²) in [5.74, 6) is -0.110. The number of benzene rings is 1. The summed E-state index contributed by atoms with van der Waals surface area (Å²) < 4.78 is 12.6. The van der Waals surface area contributed by atoms with Crippen LogP contribution in [0, 0.1) is 11.7 Å². The third-order valence-electron chi connectivity index (χ3n) is 2.56. The molecule has 0 spiro atoms. The predicted molar refractivity (Wildman–Crippen MR) is 51.7 cm³/mol. The molecule has 0 aromatic heterocycles. The topological polar surface area (TPSA) is 29.1 Å². The molecule has 1 atom stereocenters. The number of rotatable bonds is 2. The van der Waals surface area contributed by atoms with Crippen LogP contribution in [0.2, 0.25) is 0 Å². The van der Waals surface area contributed by atoms with Gasteiger partial charge in [-0.05, 0) is 37.2 Å². The Hall–Kier alpha value is -1.22. The Morgan fingerprint density at radius 1 is 1.36 bits per heavy atom. The number of carbonyl (C=O) groups is 1.